The molecule has 4 rings (SSSR count). The molecule has 178 valence electrons. The largest absolute Gasteiger partial charge is 0.353 e. The third kappa shape index (κ3) is 5.22. The zero-order chi connectivity index (χ0) is 25.0. The Morgan fingerprint density at radius 2 is 1.77 bits per heavy atom. The van der Waals surface area contributed by atoms with Crippen LogP contribution in [-0.2, 0) is 10.2 Å². The van der Waals surface area contributed by atoms with Gasteiger partial charge in [0, 0.05) is 34.9 Å². The van der Waals surface area contributed by atoms with Crippen molar-refractivity contribution >= 4 is 40.1 Å². The van der Waals surface area contributed by atoms with Crippen LogP contribution in [0, 0.1) is 4.91 Å². The minimum atomic E-state index is -0.822. The first-order valence-corrected chi connectivity index (χ1v) is 11.4. The average Bonchev–Trinajstić information content (AvgIpc) is 3.35. The summed E-state index contributed by atoms with van der Waals surface area (Å²) in [5.74, 6) is -0.531. The number of nitrogens with zero attached hydrogens (tertiary/aromatic N) is 2. The summed E-state index contributed by atoms with van der Waals surface area (Å²) < 4.78 is 0. The summed E-state index contributed by atoms with van der Waals surface area (Å²) in [6.07, 6.45) is 3.37. The number of fused-ring (bicyclic) bond motifs is 1. The molecule has 0 aliphatic rings. The molecular weight excluding hydrogens is 466 g/mol. The molecule has 2 heterocycles. The molecule has 0 saturated carbocycles. The van der Waals surface area contributed by atoms with Crippen molar-refractivity contribution in [3.63, 3.8) is 0 Å². The smallest absolute Gasteiger partial charge is 0.255 e. The number of nitrogens with one attached hydrogen (secondary N) is 3. The Morgan fingerprint density at radius 1 is 1.06 bits per heavy atom. The van der Waals surface area contributed by atoms with Gasteiger partial charge in [-0.05, 0) is 61.4 Å². The number of anilines is 1. The van der Waals surface area contributed by atoms with Gasteiger partial charge in [-0.3, -0.25) is 9.59 Å². The molecule has 2 aromatic carbocycles. The molecule has 4 aromatic rings. The van der Waals surface area contributed by atoms with E-state index in [2.05, 4.69) is 25.8 Å². The van der Waals surface area contributed by atoms with Crippen LogP contribution in [0.1, 0.15) is 41.4 Å². The van der Waals surface area contributed by atoms with E-state index in [4.69, 9.17) is 11.6 Å². The lowest BCUT2D eigenvalue weighted by Gasteiger charge is -2.25. The van der Waals surface area contributed by atoms with Gasteiger partial charge in [-0.2, -0.15) is 4.91 Å². The fourth-order valence-electron chi connectivity index (χ4n) is 3.74. The summed E-state index contributed by atoms with van der Waals surface area (Å²) in [4.78, 5) is 44.3. The number of hydrogen-bond acceptors (Lipinski definition) is 5. The highest BCUT2D eigenvalue weighted by Crippen LogP contribution is 2.26. The van der Waals surface area contributed by atoms with Crippen molar-refractivity contribution in [1.82, 2.24) is 15.3 Å². The molecule has 0 radical (unpaired) electrons. The zero-order valence-electron chi connectivity index (χ0n) is 19.2. The average molecular weight is 490 g/mol. The predicted molar refractivity (Wildman–Crippen MR) is 137 cm³/mol. The molecular formula is C26H24ClN5O3. The molecule has 0 saturated heterocycles. The lowest BCUT2D eigenvalue weighted by molar-refractivity contribution is -0.125. The summed E-state index contributed by atoms with van der Waals surface area (Å²) >= 11 is 5.94. The number of hydrogen-bond donors (Lipinski definition) is 3. The van der Waals surface area contributed by atoms with Crippen LogP contribution in [0.25, 0.3) is 11.0 Å². The number of carbonyl (C=O) groups is 2. The van der Waals surface area contributed by atoms with Gasteiger partial charge in [-0.1, -0.05) is 41.0 Å². The predicted octanol–water partition coefficient (Wildman–Crippen LogP) is 5.37. The molecule has 0 aliphatic carbocycles. The Morgan fingerprint density at radius 3 is 2.46 bits per heavy atom. The van der Waals surface area contributed by atoms with Gasteiger partial charge in [-0.15, -0.1) is 0 Å². The summed E-state index contributed by atoms with van der Waals surface area (Å²) in [5, 5.41) is 10.3. The maximum Gasteiger partial charge on any atom is 0.255 e. The lowest BCUT2D eigenvalue weighted by Crippen LogP contribution is -2.41. The third-order valence-electron chi connectivity index (χ3n) is 5.98. The van der Waals surface area contributed by atoms with Crippen molar-refractivity contribution in [1.29, 1.82) is 0 Å². The van der Waals surface area contributed by atoms with Crippen LogP contribution in [0.4, 0.5) is 5.69 Å². The number of aromatic nitrogens is 2. The van der Waals surface area contributed by atoms with Crippen molar-refractivity contribution in [2.24, 2.45) is 5.18 Å². The molecule has 0 aliphatic heterocycles. The van der Waals surface area contributed by atoms with E-state index in [1.807, 2.05) is 6.07 Å². The molecule has 1 unspecified atom stereocenters. The van der Waals surface area contributed by atoms with E-state index in [1.54, 1.807) is 80.8 Å². The van der Waals surface area contributed by atoms with Gasteiger partial charge in [0.05, 0.1) is 11.1 Å². The summed E-state index contributed by atoms with van der Waals surface area (Å²) in [5.41, 5.74) is 2.32. The highest BCUT2D eigenvalue weighted by Gasteiger charge is 2.30. The SMILES string of the molecule is CC(C)(C(=O)NCC(N=O)c1ccc(C(=O)Nc2ccnc3[nH]ccc23)cc1)c1ccc(Cl)cc1. The van der Waals surface area contributed by atoms with E-state index >= 15 is 0 Å². The molecule has 35 heavy (non-hydrogen) atoms. The van der Waals surface area contributed by atoms with Crippen LogP contribution in [0.2, 0.25) is 5.02 Å². The Bertz CT molecular complexity index is 1360. The number of amides is 2. The van der Waals surface area contributed by atoms with Crippen LogP contribution in [-0.4, -0.2) is 28.3 Å². The molecule has 2 aromatic heterocycles. The quantitative estimate of drug-likeness (QED) is 0.288. The number of halogens is 1. The van der Waals surface area contributed by atoms with E-state index in [1.165, 1.54) is 0 Å². The second-order valence-corrected chi connectivity index (χ2v) is 9.07. The van der Waals surface area contributed by atoms with Gasteiger partial charge < -0.3 is 15.6 Å². The van der Waals surface area contributed by atoms with Crippen LogP contribution >= 0.6 is 11.6 Å². The van der Waals surface area contributed by atoms with Crippen LogP contribution in [0.5, 0.6) is 0 Å². The molecule has 8 nitrogen and oxygen atoms in total. The number of rotatable bonds is 8. The van der Waals surface area contributed by atoms with E-state index in [0.717, 1.165) is 10.9 Å². The Hall–Kier alpha value is -4.04. The van der Waals surface area contributed by atoms with Crippen molar-refractivity contribution < 1.29 is 9.59 Å². The van der Waals surface area contributed by atoms with E-state index in [-0.39, 0.29) is 18.4 Å². The van der Waals surface area contributed by atoms with Crippen molar-refractivity contribution in [2.75, 3.05) is 11.9 Å². The van der Waals surface area contributed by atoms with Gasteiger partial charge in [0.15, 0.2) is 0 Å². The highest BCUT2D eigenvalue weighted by molar-refractivity contribution is 6.30. The number of aromatic amines is 1. The van der Waals surface area contributed by atoms with Crippen molar-refractivity contribution in [3.05, 3.63) is 99.7 Å². The molecule has 2 amide bonds. The number of benzene rings is 2. The van der Waals surface area contributed by atoms with E-state index < -0.39 is 11.5 Å². The minimum Gasteiger partial charge on any atom is -0.353 e. The van der Waals surface area contributed by atoms with Crippen molar-refractivity contribution in [3.8, 4) is 0 Å². The zero-order valence-corrected chi connectivity index (χ0v) is 20.0. The first-order chi connectivity index (χ1) is 16.8. The molecule has 1 atom stereocenters. The first-order valence-electron chi connectivity index (χ1n) is 11.0. The Labute approximate surface area is 207 Å². The first kappa shape index (κ1) is 24.1. The summed E-state index contributed by atoms with van der Waals surface area (Å²) in [6.45, 7) is 3.63. The van der Waals surface area contributed by atoms with Gasteiger partial charge >= 0.3 is 0 Å². The number of carbonyl (C=O) groups excluding carboxylic acids is 2. The monoisotopic (exact) mass is 489 g/mol. The summed E-state index contributed by atoms with van der Waals surface area (Å²) in [6, 6.07) is 16.4. The normalized spacial score (nSPS) is 12.2. The molecule has 0 bridgehead atoms. The Kier molecular flexibility index (Phi) is 6.93. The van der Waals surface area contributed by atoms with Crippen LogP contribution < -0.4 is 10.6 Å². The number of H-pyrrole nitrogens is 1. The minimum absolute atomic E-state index is 0.0351. The molecule has 9 heteroatoms. The standard InChI is InChI=1S/C26H24ClN5O3/c1-26(2,18-7-9-19(27)10-8-18)25(34)30-15-22(32-35)16-3-5-17(6-4-16)24(33)31-21-12-14-29-23-20(21)11-13-28-23/h3-14,22H,15H2,1-2H3,(H,30,34)(H2,28,29,31,33). The van der Waals surface area contributed by atoms with Gasteiger partial charge in [-0.25, -0.2) is 4.98 Å². The molecule has 3 N–H and O–H groups in total. The highest BCUT2D eigenvalue weighted by atomic mass is 35.5. The van der Waals surface area contributed by atoms with E-state index in [9.17, 15) is 14.5 Å². The topological polar surface area (TPSA) is 116 Å². The van der Waals surface area contributed by atoms with Crippen LogP contribution in [0.15, 0.2) is 78.2 Å². The molecule has 0 fully saturated rings. The van der Waals surface area contributed by atoms with Gasteiger partial charge in [0.2, 0.25) is 5.91 Å². The maximum atomic E-state index is 12.8. The van der Waals surface area contributed by atoms with E-state index in [0.29, 0.717) is 27.5 Å². The van der Waals surface area contributed by atoms with Crippen molar-refractivity contribution in [2.45, 2.75) is 25.3 Å². The second-order valence-electron chi connectivity index (χ2n) is 8.64. The molecule has 0 spiro atoms. The number of nitroso groups, excluding NO2 is 1. The van der Waals surface area contributed by atoms with Gasteiger partial charge in [0.25, 0.3) is 5.91 Å². The third-order valence-corrected chi connectivity index (χ3v) is 6.23. The number of pyridine rings is 1. The Balaban J connectivity index is 1.40. The lowest BCUT2D eigenvalue weighted by atomic mass is 9.83. The fraction of sp³-hybridized carbons (Fsp3) is 0.192. The summed E-state index contributed by atoms with van der Waals surface area (Å²) in [7, 11) is 0. The van der Waals surface area contributed by atoms with Gasteiger partial charge in [0.1, 0.15) is 11.7 Å². The van der Waals surface area contributed by atoms with Crippen LogP contribution in [0.3, 0.4) is 0 Å². The fourth-order valence-corrected chi connectivity index (χ4v) is 3.87. The maximum absolute atomic E-state index is 12.8. The second kappa shape index (κ2) is 10.1.